The number of nitrogens with two attached hydrogens (primary N) is 1. The van der Waals surface area contributed by atoms with E-state index in [1.807, 2.05) is 0 Å². The molecule has 0 aliphatic carbocycles. The van der Waals surface area contributed by atoms with E-state index in [9.17, 15) is 4.21 Å². The van der Waals surface area contributed by atoms with Gasteiger partial charge in [-0.1, -0.05) is 0 Å². The predicted molar refractivity (Wildman–Crippen MR) is 28.3 cm³/mol. The van der Waals surface area contributed by atoms with Crippen LogP contribution < -0.4 is 5.84 Å². The first-order valence-corrected chi connectivity index (χ1v) is 2.84. The first-order valence-electron chi connectivity index (χ1n) is 1.56. The molecule has 0 heterocycles. The molecule has 0 aromatic carbocycles. The lowest BCUT2D eigenvalue weighted by molar-refractivity contribution is 0.569. The predicted octanol–water partition coefficient (Wildman–Crippen LogP) is -0.847. The number of hydrogen-bond donors (Lipinski definition) is 2. The number of hydrogen-bond acceptors (Lipinski definition) is 3. The zero-order valence-electron chi connectivity index (χ0n) is 3.57. The second-order valence-corrected chi connectivity index (χ2v) is 1.80. The lowest BCUT2D eigenvalue weighted by Crippen LogP contribution is -1.96. The van der Waals surface area contributed by atoms with Crippen LogP contribution in [0.5, 0.6) is 0 Å². The molecule has 1 atom stereocenters. The van der Waals surface area contributed by atoms with Crippen molar-refractivity contribution in [2.24, 2.45) is 10.9 Å². The van der Waals surface area contributed by atoms with Crippen molar-refractivity contribution in [3.8, 4) is 0 Å². The SMILES string of the molecule is NN=CCS(=O)O. The highest BCUT2D eigenvalue weighted by Gasteiger charge is 1.82. The lowest BCUT2D eigenvalue weighted by atomic mass is 10.9. The molecular weight excluding hydrogens is 116 g/mol. The summed E-state index contributed by atoms with van der Waals surface area (Å²) in [6, 6.07) is 0. The fourth-order valence-corrected chi connectivity index (χ4v) is 0.320. The Kier molecular flexibility index (Phi) is 3.53. The zero-order chi connectivity index (χ0) is 5.70. The molecule has 0 amide bonds. The Morgan fingerprint density at radius 2 is 2.57 bits per heavy atom. The van der Waals surface area contributed by atoms with Gasteiger partial charge in [-0.2, -0.15) is 5.10 Å². The Bertz CT molecular complexity index is 91.7. The van der Waals surface area contributed by atoms with Crippen LogP contribution in [0.1, 0.15) is 0 Å². The van der Waals surface area contributed by atoms with Crippen molar-refractivity contribution in [1.82, 2.24) is 0 Å². The van der Waals surface area contributed by atoms with E-state index >= 15 is 0 Å². The molecule has 0 aliphatic heterocycles. The Hall–Kier alpha value is -0.420. The van der Waals surface area contributed by atoms with Crippen LogP contribution in [0.3, 0.4) is 0 Å². The quantitative estimate of drug-likeness (QED) is 0.217. The van der Waals surface area contributed by atoms with E-state index in [0.29, 0.717) is 0 Å². The number of rotatable bonds is 2. The molecule has 0 rings (SSSR count). The average molecular weight is 122 g/mol. The molecule has 5 heteroatoms. The Morgan fingerprint density at radius 1 is 2.00 bits per heavy atom. The molecule has 0 aromatic heterocycles. The van der Waals surface area contributed by atoms with Gasteiger partial charge in [-0.25, -0.2) is 4.21 Å². The van der Waals surface area contributed by atoms with Gasteiger partial charge in [0.15, 0.2) is 11.1 Å². The van der Waals surface area contributed by atoms with Gasteiger partial charge in [0.2, 0.25) is 0 Å². The summed E-state index contributed by atoms with van der Waals surface area (Å²) in [7, 11) is 0. The van der Waals surface area contributed by atoms with Crippen LogP contribution in [0.15, 0.2) is 5.10 Å². The van der Waals surface area contributed by atoms with Gasteiger partial charge in [0, 0.05) is 6.21 Å². The molecule has 3 N–H and O–H groups in total. The van der Waals surface area contributed by atoms with Crippen molar-refractivity contribution in [1.29, 1.82) is 0 Å². The topological polar surface area (TPSA) is 75.7 Å². The molecule has 0 spiro atoms. The summed E-state index contributed by atoms with van der Waals surface area (Å²) in [6.45, 7) is 0. The van der Waals surface area contributed by atoms with Gasteiger partial charge in [-0.3, -0.25) is 0 Å². The largest absolute Gasteiger partial charge is 0.324 e. The fourth-order valence-electron chi connectivity index (χ4n) is 0.107. The van der Waals surface area contributed by atoms with Crippen LogP contribution in [-0.4, -0.2) is 20.7 Å². The Morgan fingerprint density at radius 3 is 2.71 bits per heavy atom. The van der Waals surface area contributed by atoms with Crippen LogP contribution >= 0.6 is 0 Å². The Balaban J connectivity index is 3.14. The van der Waals surface area contributed by atoms with Gasteiger partial charge < -0.3 is 10.4 Å². The molecule has 42 valence electrons. The van der Waals surface area contributed by atoms with E-state index in [1.54, 1.807) is 0 Å². The molecule has 0 aromatic rings. The summed E-state index contributed by atoms with van der Waals surface area (Å²) in [5.41, 5.74) is 0. The summed E-state index contributed by atoms with van der Waals surface area (Å²) < 4.78 is 17.7. The van der Waals surface area contributed by atoms with Crippen molar-refractivity contribution in [3.63, 3.8) is 0 Å². The maximum absolute atomic E-state index is 9.72. The second kappa shape index (κ2) is 3.76. The standard InChI is InChI=1S/C2H6N2O2S/c3-4-1-2-7(5)6/h1H,2-3H2,(H,5,6). The molecule has 0 radical (unpaired) electrons. The molecule has 7 heavy (non-hydrogen) atoms. The van der Waals surface area contributed by atoms with E-state index in [4.69, 9.17) is 4.55 Å². The highest BCUT2D eigenvalue weighted by molar-refractivity contribution is 7.79. The minimum atomic E-state index is -1.79. The molecule has 0 aliphatic rings. The van der Waals surface area contributed by atoms with Crippen LogP contribution in [0, 0.1) is 0 Å². The zero-order valence-corrected chi connectivity index (χ0v) is 4.39. The van der Waals surface area contributed by atoms with Crippen LogP contribution in [0.2, 0.25) is 0 Å². The number of nitrogens with zero attached hydrogens (tertiary/aromatic N) is 1. The van der Waals surface area contributed by atoms with Crippen LogP contribution in [0.25, 0.3) is 0 Å². The smallest absolute Gasteiger partial charge is 0.158 e. The van der Waals surface area contributed by atoms with Gasteiger partial charge in [0.05, 0.1) is 5.75 Å². The van der Waals surface area contributed by atoms with E-state index < -0.39 is 11.1 Å². The van der Waals surface area contributed by atoms with Crippen molar-refractivity contribution >= 4 is 17.3 Å². The number of hydrazone groups is 1. The van der Waals surface area contributed by atoms with E-state index in [2.05, 4.69) is 10.9 Å². The summed E-state index contributed by atoms with van der Waals surface area (Å²) in [4.78, 5) is 0. The first kappa shape index (κ1) is 6.58. The normalized spacial score (nSPS) is 15.0. The van der Waals surface area contributed by atoms with Crippen LogP contribution in [-0.2, 0) is 11.1 Å². The second-order valence-electron chi connectivity index (χ2n) is 0.820. The molecule has 0 bridgehead atoms. The molecule has 0 saturated heterocycles. The third-order valence-corrected chi connectivity index (χ3v) is 0.757. The summed E-state index contributed by atoms with van der Waals surface area (Å²) in [5, 5.41) is 3.00. The van der Waals surface area contributed by atoms with E-state index in [-0.39, 0.29) is 5.75 Å². The highest BCUT2D eigenvalue weighted by Crippen LogP contribution is 1.64. The first-order chi connectivity index (χ1) is 3.27. The molecular formula is C2H6N2O2S. The van der Waals surface area contributed by atoms with Crippen molar-refractivity contribution < 1.29 is 8.76 Å². The van der Waals surface area contributed by atoms with Crippen molar-refractivity contribution in [2.75, 3.05) is 5.75 Å². The summed E-state index contributed by atoms with van der Waals surface area (Å²) >= 11 is -1.79. The minimum Gasteiger partial charge on any atom is -0.324 e. The monoisotopic (exact) mass is 122 g/mol. The maximum atomic E-state index is 9.72. The average Bonchev–Trinajstić information content (AvgIpc) is 1.61. The lowest BCUT2D eigenvalue weighted by Gasteiger charge is -1.78. The minimum absolute atomic E-state index is 0.0104. The van der Waals surface area contributed by atoms with Crippen molar-refractivity contribution in [3.05, 3.63) is 0 Å². The molecule has 0 saturated carbocycles. The summed E-state index contributed by atoms with van der Waals surface area (Å²) in [5.74, 6) is 4.61. The third-order valence-electron chi connectivity index (χ3n) is 0.323. The van der Waals surface area contributed by atoms with Crippen molar-refractivity contribution in [2.45, 2.75) is 0 Å². The Labute approximate surface area is 43.7 Å². The van der Waals surface area contributed by atoms with Gasteiger partial charge in [-0.05, 0) is 0 Å². The van der Waals surface area contributed by atoms with E-state index in [1.165, 1.54) is 6.21 Å². The highest BCUT2D eigenvalue weighted by atomic mass is 32.2. The van der Waals surface area contributed by atoms with E-state index in [0.717, 1.165) is 0 Å². The molecule has 4 nitrogen and oxygen atoms in total. The maximum Gasteiger partial charge on any atom is 0.158 e. The van der Waals surface area contributed by atoms with Gasteiger partial charge in [0.25, 0.3) is 0 Å². The molecule has 0 fully saturated rings. The fraction of sp³-hybridized carbons (Fsp3) is 0.500. The summed E-state index contributed by atoms with van der Waals surface area (Å²) in [6.07, 6.45) is 1.18. The van der Waals surface area contributed by atoms with Gasteiger partial charge in [0.1, 0.15) is 0 Å². The van der Waals surface area contributed by atoms with Gasteiger partial charge >= 0.3 is 0 Å². The third kappa shape index (κ3) is 5.58. The van der Waals surface area contributed by atoms with Crippen LogP contribution in [0.4, 0.5) is 0 Å². The molecule has 1 unspecified atom stereocenters. The van der Waals surface area contributed by atoms with Gasteiger partial charge in [-0.15, -0.1) is 0 Å².